The molecule has 0 aliphatic heterocycles. The van der Waals surface area contributed by atoms with Crippen molar-refractivity contribution in [1.82, 2.24) is 4.98 Å². The van der Waals surface area contributed by atoms with E-state index in [1.54, 1.807) is 36.4 Å². The highest BCUT2D eigenvalue weighted by molar-refractivity contribution is 6.31. The number of allylic oxidation sites excluding steroid dienone is 1. The first-order valence-electron chi connectivity index (χ1n) is 8.55. The van der Waals surface area contributed by atoms with Gasteiger partial charge in [0, 0.05) is 5.56 Å². The third-order valence-electron chi connectivity index (χ3n) is 4.26. The molecule has 0 N–H and O–H groups in total. The van der Waals surface area contributed by atoms with Crippen molar-refractivity contribution in [3.8, 4) is 0 Å². The zero-order valence-electron chi connectivity index (χ0n) is 14.6. The Bertz CT molecular complexity index is 1110. The average molecular weight is 357 g/mol. The van der Waals surface area contributed by atoms with Crippen molar-refractivity contribution in [3.05, 3.63) is 101 Å². The van der Waals surface area contributed by atoms with Gasteiger partial charge in [0.25, 0.3) is 0 Å². The van der Waals surface area contributed by atoms with Gasteiger partial charge in [-0.3, -0.25) is 4.79 Å². The third-order valence-corrected chi connectivity index (χ3v) is 4.26. The van der Waals surface area contributed by atoms with Crippen LogP contribution in [0.4, 0.5) is 4.39 Å². The first-order chi connectivity index (χ1) is 13.1. The van der Waals surface area contributed by atoms with E-state index in [1.165, 1.54) is 12.1 Å². The quantitative estimate of drug-likeness (QED) is 0.348. The van der Waals surface area contributed by atoms with Gasteiger partial charge >= 0.3 is 0 Å². The molecule has 3 aromatic carbocycles. The molecule has 1 heterocycles. The molecule has 4 aromatic rings. The van der Waals surface area contributed by atoms with Gasteiger partial charge < -0.3 is 4.42 Å². The maximum absolute atomic E-state index is 13.2. The maximum atomic E-state index is 13.2. The Morgan fingerprint density at radius 2 is 1.67 bits per heavy atom. The third kappa shape index (κ3) is 3.55. The molecule has 0 amide bonds. The van der Waals surface area contributed by atoms with E-state index in [-0.39, 0.29) is 17.5 Å². The number of nitrogens with zero attached hydrogens (tertiary/aromatic N) is 1. The van der Waals surface area contributed by atoms with Crippen LogP contribution in [0.15, 0.2) is 77.2 Å². The van der Waals surface area contributed by atoms with Gasteiger partial charge in [0.15, 0.2) is 11.4 Å². The van der Waals surface area contributed by atoms with E-state index >= 15 is 0 Å². The Balaban J connectivity index is 1.84. The fourth-order valence-electron chi connectivity index (χ4n) is 2.80. The van der Waals surface area contributed by atoms with Crippen molar-refractivity contribution < 1.29 is 13.6 Å². The molecule has 0 aliphatic carbocycles. The van der Waals surface area contributed by atoms with E-state index < -0.39 is 0 Å². The van der Waals surface area contributed by atoms with Gasteiger partial charge in [-0.15, -0.1) is 0 Å². The Morgan fingerprint density at radius 3 is 2.37 bits per heavy atom. The van der Waals surface area contributed by atoms with Crippen LogP contribution < -0.4 is 0 Å². The number of ketones is 1. The number of aryl methyl sites for hydroxylation is 1. The molecule has 0 spiro atoms. The summed E-state index contributed by atoms with van der Waals surface area (Å²) in [5.41, 5.74) is 3.90. The van der Waals surface area contributed by atoms with Crippen LogP contribution in [0.1, 0.15) is 27.4 Å². The smallest absolute Gasteiger partial charge is 0.231 e. The van der Waals surface area contributed by atoms with Crippen molar-refractivity contribution in [2.24, 2.45) is 0 Å². The monoisotopic (exact) mass is 357 g/mol. The van der Waals surface area contributed by atoms with Crippen molar-refractivity contribution in [2.75, 3.05) is 0 Å². The summed E-state index contributed by atoms with van der Waals surface area (Å²) < 4.78 is 19.0. The zero-order chi connectivity index (χ0) is 18.8. The van der Waals surface area contributed by atoms with E-state index in [1.807, 2.05) is 37.3 Å². The second-order valence-corrected chi connectivity index (χ2v) is 6.29. The van der Waals surface area contributed by atoms with Gasteiger partial charge in [0.2, 0.25) is 5.89 Å². The summed E-state index contributed by atoms with van der Waals surface area (Å²) in [5.74, 6) is -0.294. The predicted octanol–water partition coefficient (Wildman–Crippen LogP) is 5.70. The molecule has 0 saturated carbocycles. The minimum absolute atomic E-state index is 0.203. The molecule has 0 bridgehead atoms. The molecule has 4 heteroatoms. The molecule has 27 heavy (non-hydrogen) atoms. The number of fused-ring (bicyclic) bond motifs is 1. The van der Waals surface area contributed by atoms with E-state index in [0.717, 1.165) is 5.56 Å². The number of benzene rings is 3. The lowest BCUT2D eigenvalue weighted by Crippen LogP contribution is -2.03. The second kappa shape index (κ2) is 7.00. The summed E-state index contributed by atoms with van der Waals surface area (Å²) in [7, 11) is 0. The minimum atomic E-state index is -0.333. The SMILES string of the molecule is Cc1ccc(C(=O)/C(=C\c2ccc(F)cc2)c2nc3ccccc3o2)cc1. The van der Waals surface area contributed by atoms with Crippen molar-refractivity contribution >= 4 is 28.5 Å². The summed E-state index contributed by atoms with van der Waals surface area (Å²) in [6.07, 6.45) is 1.67. The van der Waals surface area contributed by atoms with Gasteiger partial charge in [0.1, 0.15) is 11.3 Å². The lowest BCUT2D eigenvalue weighted by atomic mass is 10.00. The van der Waals surface area contributed by atoms with Crippen LogP contribution >= 0.6 is 0 Å². The summed E-state index contributed by atoms with van der Waals surface area (Å²) in [6.45, 7) is 1.96. The Hall–Kier alpha value is -3.53. The van der Waals surface area contributed by atoms with E-state index in [9.17, 15) is 9.18 Å². The Labute approximate surface area is 155 Å². The Kier molecular flexibility index (Phi) is 4.38. The first-order valence-corrected chi connectivity index (χ1v) is 8.55. The summed E-state index contributed by atoms with van der Waals surface area (Å²) in [4.78, 5) is 17.6. The highest BCUT2D eigenvalue weighted by Crippen LogP contribution is 2.26. The molecule has 0 atom stereocenters. The largest absolute Gasteiger partial charge is 0.436 e. The van der Waals surface area contributed by atoms with Crippen molar-refractivity contribution in [2.45, 2.75) is 6.92 Å². The van der Waals surface area contributed by atoms with Crippen molar-refractivity contribution in [1.29, 1.82) is 0 Å². The lowest BCUT2D eigenvalue weighted by Gasteiger charge is -2.05. The van der Waals surface area contributed by atoms with Crippen LogP contribution in [-0.2, 0) is 0 Å². The van der Waals surface area contributed by atoms with Gasteiger partial charge in [0.05, 0.1) is 5.57 Å². The second-order valence-electron chi connectivity index (χ2n) is 6.29. The number of oxazole rings is 1. The lowest BCUT2D eigenvalue weighted by molar-refractivity contribution is 0.105. The fraction of sp³-hybridized carbons (Fsp3) is 0.0435. The molecule has 0 saturated heterocycles. The molecule has 3 nitrogen and oxygen atoms in total. The fourth-order valence-corrected chi connectivity index (χ4v) is 2.80. The zero-order valence-corrected chi connectivity index (χ0v) is 14.6. The molecular weight excluding hydrogens is 341 g/mol. The predicted molar refractivity (Wildman–Crippen MR) is 104 cm³/mol. The van der Waals surface area contributed by atoms with Crippen LogP contribution in [0, 0.1) is 12.7 Å². The molecule has 0 radical (unpaired) electrons. The summed E-state index contributed by atoms with van der Waals surface area (Å²) in [6, 6.07) is 20.6. The number of halogens is 1. The van der Waals surface area contributed by atoms with Gasteiger partial charge in [-0.25, -0.2) is 9.37 Å². The molecule has 4 rings (SSSR count). The van der Waals surface area contributed by atoms with Crippen LogP contribution in [0.3, 0.4) is 0 Å². The number of hydrogen-bond acceptors (Lipinski definition) is 3. The number of Topliss-reactive ketones (excluding diaryl/α,β-unsaturated/α-hetero) is 1. The van der Waals surface area contributed by atoms with E-state index in [0.29, 0.717) is 27.8 Å². The molecular formula is C23H16FNO2. The topological polar surface area (TPSA) is 43.1 Å². The number of carbonyl (C=O) groups is 1. The normalized spacial score (nSPS) is 11.7. The Morgan fingerprint density at radius 1 is 0.963 bits per heavy atom. The van der Waals surface area contributed by atoms with Crippen LogP contribution in [-0.4, -0.2) is 10.8 Å². The molecule has 0 unspecified atom stereocenters. The minimum Gasteiger partial charge on any atom is -0.436 e. The maximum Gasteiger partial charge on any atom is 0.231 e. The summed E-state index contributed by atoms with van der Waals surface area (Å²) >= 11 is 0. The number of aromatic nitrogens is 1. The molecule has 1 aromatic heterocycles. The summed E-state index contributed by atoms with van der Waals surface area (Å²) in [5, 5.41) is 0. The van der Waals surface area contributed by atoms with Gasteiger partial charge in [-0.2, -0.15) is 0 Å². The highest BCUT2D eigenvalue weighted by Gasteiger charge is 2.20. The number of hydrogen-bond donors (Lipinski definition) is 0. The van der Waals surface area contributed by atoms with Gasteiger partial charge in [-0.1, -0.05) is 54.1 Å². The van der Waals surface area contributed by atoms with E-state index in [2.05, 4.69) is 4.98 Å². The number of para-hydroxylation sites is 2. The average Bonchev–Trinajstić information content (AvgIpc) is 3.11. The number of rotatable bonds is 4. The first kappa shape index (κ1) is 16.9. The molecule has 132 valence electrons. The molecule has 0 fully saturated rings. The van der Waals surface area contributed by atoms with Crippen molar-refractivity contribution in [3.63, 3.8) is 0 Å². The van der Waals surface area contributed by atoms with Gasteiger partial charge in [-0.05, 0) is 42.8 Å². The standard InChI is InChI=1S/C23H16FNO2/c1-15-6-10-17(11-7-15)22(26)19(14-16-8-12-18(24)13-9-16)23-25-20-4-2-3-5-21(20)27-23/h2-14H,1H3/b19-14+. The number of carbonyl (C=O) groups excluding carboxylic acids is 1. The molecule has 0 aliphatic rings. The highest BCUT2D eigenvalue weighted by atomic mass is 19.1. The van der Waals surface area contributed by atoms with Crippen LogP contribution in [0.5, 0.6) is 0 Å². The van der Waals surface area contributed by atoms with E-state index in [4.69, 9.17) is 4.42 Å². The van der Waals surface area contributed by atoms with Crippen LogP contribution in [0.2, 0.25) is 0 Å². The van der Waals surface area contributed by atoms with Crippen LogP contribution in [0.25, 0.3) is 22.7 Å².